The van der Waals surface area contributed by atoms with Crippen LogP contribution in [0.15, 0.2) is 47.5 Å². The number of nitrogens with two attached hydrogens (primary N) is 1. The zero-order valence-corrected chi connectivity index (χ0v) is 19.5. The smallest absolute Gasteiger partial charge is 0.238 e. The van der Waals surface area contributed by atoms with E-state index in [1.807, 2.05) is 12.1 Å². The molecule has 3 aromatic rings. The number of aryl methyl sites for hydroxylation is 1. The number of nitrogens with zero attached hydrogens (tertiary/aromatic N) is 1. The van der Waals surface area contributed by atoms with Crippen molar-refractivity contribution in [2.75, 3.05) is 19.5 Å². The average molecular weight is 459 g/mol. The number of anilines is 2. The SMILES string of the molecule is CCCCCc1[nH]ncc1Nc1ccc(S(N)(=O)=O)c(Cc2ccc(OC)c(OC)c2)c1. The van der Waals surface area contributed by atoms with Gasteiger partial charge in [-0.3, -0.25) is 5.10 Å². The van der Waals surface area contributed by atoms with Crippen LogP contribution in [0.4, 0.5) is 11.4 Å². The van der Waals surface area contributed by atoms with E-state index in [1.54, 1.807) is 38.6 Å². The van der Waals surface area contributed by atoms with E-state index in [4.69, 9.17) is 14.6 Å². The van der Waals surface area contributed by atoms with Gasteiger partial charge in [0.15, 0.2) is 11.5 Å². The summed E-state index contributed by atoms with van der Waals surface area (Å²) in [5.41, 5.74) is 4.11. The van der Waals surface area contributed by atoms with Crippen LogP contribution in [0.1, 0.15) is 43.0 Å². The Morgan fingerprint density at radius 1 is 1.06 bits per heavy atom. The lowest BCUT2D eigenvalue weighted by atomic mass is 10.0. The van der Waals surface area contributed by atoms with Gasteiger partial charge >= 0.3 is 0 Å². The fourth-order valence-corrected chi connectivity index (χ4v) is 4.36. The third-order valence-corrected chi connectivity index (χ3v) is 6.25. The number of sulfonamides is 1. The zero-order valence-electron chi connectivity index (χ0n) is 18.6. The fourth-order valence-electron chi connectivity index (χ4n) is 3.60. The quantitative estimate of drug-likeness (QED) is 0.372. The van der Waals surface area contributed by atoms with Gasteiger partial charge in [-0.25, -0.2) is 13.6 Å². The molecule has 0 atom stereocenters. The molecule has 8 nitrogen and oxygen atoms in total. The third kappa shape index (κ3) is 5.80. The molecular weight excluding hydrogens is 428 g/mol. The average Bonchev–Trinajstić information content (AvgIpc) is 3.20. The van der Waals surface area contributed by atoms with E-state index in [9.17, 15) is 8.42 Å². The number of aromatic amines is 1. The number of hydrogen-bond acceptors (Lipinski definition) is 6. The number of primary sulfonamides is 1. The molecule has 0 spiro atoms. The highest BCUT2D eigenvalue weighted by molar-refractivity contribution is 7.89. The number of methoxy groups -OCH3 is 2. The molecule has 3 rings (SSSR count). The molecule has 0 unspecified atom stereocenters. The van der Waals surface area contributed by atoms with Crippen LogP contribution >= 0.6 is 0 Å². The number of H-pyrrole nitrogens is 1. The van der Waals surface area contributed by atoms with Crippen LogP contribution in [-0.4, -0.2) is 32.8 Å². The lowest BCUT2D eigenvalue weighted by molar-refractivity contribution is 0.354. The van der Waals surface area contributed by atoms with Gasteiger partial charge in [-0.15, -0.1) is 0 Å². The van der Waals surface area contributed by atoms with Crippen molar-refractivity contribution in [3.63, 3.8) is 0 Å². The molecule has 0 saturated heterocycles. The number of benzene rings is 2. The normalized spacial score (nSPS) is 11.4. The van der Waals surface area contributed by atoms with E-state index in [0.717, 1.165) is 48.3 Å². The van der Waals surface area contributed by atoms with Crippen LogP contribution < -0.4 is 19.9 Å². The Morgan fingerprint density at radius 3 is 2.53 bits per heavy atom. The van der Waals surface area contributed by atoms with Gasteiger partial charge in [-0.1, -0.05) is 25.8 Å². The van der Waals surface area contributed by atoms with Gasteiger partial charge in [0.25, 0.3) is 0 Å². The molecule has 0 bridgehead atoms. The second-order valence-electron chi connectivity index (χ2n) is 7.58. The van der Waals surface area contributed by atoms with Crippen molar-refractivity contribution in [2.45, 2.75) is 43.9 Å². The summed E-state index contributed by atoms with van der Waals surface area (Å²) < 4.78 is 35.0. The molecule has 0 aliphatic carbocycles. The number of hydrogen-bond donors (Lipinski definition) is 3. The molecule has 4 N–H and O–H groups in total. The van der Waals surface area contributed by atoms with E-state index in [1.165, 1.54) is 6.07 Å². The Hall–Kier alpha value is -3.04. The largest absolute Gasteiger partial charge is 0.493 e. The number of aromatic nitrogens is 2. The highest BCUT2D eigenvalue weighted by Gasteiger charge is 2.17. The molecule has 172 valence electrons. The van der Waals surface area contributed by atoms with Crippen LogP contribution in [0.25, 0.3) is 0 Å². The van der Waals surface area contributed by atoms with Crippen LogP contribution in [-0.2, 0) is 22.9 Å². The van der Waals surface area contributed by atoms with Crippen molar-refractivity contribution in [2.24, 2.45) is 5.14 Å². The molecule has 0 amide bonds. The van der Waals surface area contributed by atoms with Gasteiger partial charge in [0.2, 0.25) is 10.0 Å². The first-order chi connectivity index (χ1) is 15.4. The lowest BCUT2D eigenvalue weighted by Crippen LogP contribution is -2.15. The van der Waals surface area contributed by atoms with Crippen LogP contribution in [0.3, 0.4) is 0 Å². The Bertz CT molecular complexity index is 1160. The molecule has 32 heavy (non-hydrogen) atoms. The summed E-state index contributed by atoms with van der Waals surface area (Å²) in [5, 5.41) is 16.0. The van der Waals surface area contributed by atoms with Gasteiger partial charge in [-0.2, -0.15) is 5.10 Å². The molecule has 2 aromatic carbocycles. The zero-order chi connectivity index (χ0) is 23.1. The van der Waals surface area contributed by atoms with Gasteiger partial charge < -0.3 is 14.8 Å². The van der Waals surface area contributed by atoms with E-state index >= 15 is 0 Å². The number of unbranched alkanes of at least 4 members (excludes halogenated alkanes) is 2. The molecule has 0 fully saturated rings. The minimum atomic E-state index is -3.89. The summed E-state index contributed by atoms with van der Waals surface area (Å²) in [6, 6.07) is 10.5. The van der Waals surface area contributed by atoms with Gasteiger partial charge in [0, 0.05) is 5.69 Å². The Kier molecular flexibility index (Phi) is 7.76. The van der Waals surface area contributed by atoms with E-state index in [2.05, 4.69) is 22.4 Å². The maximum absolute atomic E-state index is 12.2. The monoisotopic (exact) mass is 458 g/mol. The van der Waals surface area contributed by atoms with Gasteiger partial charge in [-0.05, 0) is 60.7 Å². The lowest BCUT2D eigenvalue weighted by Gasteiger charge is -2.14. The molecule has 9 heteroatoms. The van der Waals surface area contributed by atoms with E-state index in [0.29, 0.717) is 23.5 Å². The Morgan fingerprint density at radius 2 is 1.84 bits per heavy atom. The van der Waals surface area contributed by atoms with Crippen LogP contribution in [0.2, 0.25) is 0 Å². The predicted molar refractivity (Wildman–Crippen MR) is 125 cm³/mol. The summed E-state index contributed by atoms with van der Waals surface area (Å²) in [7, 11) is -0.758. The first kappa shape index (κ1) is 23.6. The second-order valence-corrected chi connectivity index (χ2v) is 9.11. The van der Waals surface area contributed by atoms with Crippen molar-refractivity contribution in [3.8, 4) is 11.5 Å². The first-order valence-corrected chi connectivity index (χ1v) is 12.1. The Labute approximate surface area is 189 Å². The maximum atomic E-state index is 12.2. The Balaban J connectivity index is 1.91. The molecule has 0 radical (unpaired) electrons. The second kappa shape index (κ2) is 10.5. The number of rotatable bonds is 11. The predicted octanol–water partition coefficient (Wildman–Crippen LogP) is 4.14. The summed E-state index contributed by atoms with van der Waals surface area (Å²) >= 11 is 0. The standard InChI is InChI=1S/C23H30N4O4S/c1-4-5-6-7-19-20(15-25-27-19)26-18-9-11-23(32(24,28)29)17(14-18)12-16-8-10-21(30-2)22(13-16)31-3/h8-11,13-15,26H,4-7,12H2,1-3H3,(H,25,27)(H2,24,28,29). The molecule has 1 heterocycles. The molecule has 0 aliphatic heterocycles. The summed E-state index contributed by atoms with van der Waals surface area (Å²) in [5.74, 6) is 1.18. The van der Waals surface area contributed by atoms with Crippen molar-refractivity contribution in [1.29, 1.82) is 0 Å². The fraction of sp³-hybridized carbons (Fsp3) is 0.348. The van der Waals surface area contributed by atoms with Crippen molar-refractivity contribution >= 4 is 21.4 Å². The molecular formula is C23H30N4O4S. The van der Waals surface area contributed by atoms with Crippen LogP contribution in [0, 0.1) is 0 Å². The maximum Gasteiger partial charge on any atom is 0.238 e. The third-order valence-electron chi connectivity index (χ3n) is 5.24. The topological polar surface area (TPSA) is 119 Å². The van der Waals surface area contributed by atoms with E-state index in [-0.39, 0.29) is 4.90 Å². The van der Waals surface area contributed by atoms with Crippen molar-refractivity contribution < 1.29 is 17.9 Å². The van der Waals surface area contributed by atoms with Crippen molar-refractivity contribution in [3.05, 3.63) is 59.4 Å². The molecule has 0 saturated carbocycles. The van der Waals surface area contributed by atoms with Crippen LogP contribution in [0.5, 0.6) is 11.5 Å². The number of ether oxygens (including phenoxy) is 2. The van der Waals surface area contributed by atoms with Gasteiger partial charge in [0.05, 0.1) is 36.7 Å². The summed E-state index contributed by atoms with van der Waals surface area (Å²) in [6.07, 6.45) is 6.36. The minimum Gasteiger partial charge on any atom is -0.493 e. The minimum absolute atomic E-state index is 0.0909. The summed E-state index contributed by atoms with van der Waals surface area (Å²) in [4.78, 5) is 0.0909. The van der Waals surface area contributed by atoms with E-state index < -0.39 is 10.0 Å². The van der Waals surface area contributed by atoms with Gasteiger partial charge in [0.1, 0.15) is 0 Å². The number of nitrogens with one attached hydrogen (secondary N) is 2. The first-order valence-electron chi connectivity index (χ1n) is 10.5. The highest BCUT2D eigenvalue weighted by atomic mass is 32.2. The highest BCUT2D eigenvalue weighted by Crippen LogP contribution is 2.31. The molecule has 0 aliphatic rings. The molecule has 1 aromatic heterocycles. The summed E-state index contributed by atoms with van der Waals surface area (Å²) in [6.45, 7) is 2.17. The van der Waals surface area contributed by atoms with Crippen molar-refractivity contribution in [1.82, 2.24) is 10.2 Å².